The van der Waals surface area contributed by atoms with Gasteiger partial charge in [0.05, 0.1) is 0 Å². The monoisotopic (exact) mass is 222 g/mol. The lowest BCUT2D eigenvalue weighted by Crippen LogP contribution is -1.84. The van der Waals surface area contributed by atoms with Gasteiger partial charge in [0.15, 0.2) is 0 Å². The quantitative estimate of drug-likeness (QED) is 0.679. The number of hydrogen-bond acceptors (Lipinski definition) is 0. The summed E-state index contributed by atoms with van der Waals surface area (Å²) in [5.74, 6) is 0. The van der Waals surface area contributed by atoms with Crippen molar-refractivity contribution in [1.29, 1.82) is 0 Å². The Kier molecular flexibility index (Phi) is 2.05. The minimum Gasteiger partial charge on any atom is -0.0763 e. The molecule has 2 rings (SSSR count). The fourth-order valence-corrected chi connectivity index (χ4v) is 2.42. The van der Waals surface area contributed by atoms with Crippen molar-refractivity contribution in [2.75, 3.05) is 0 Å². The lowest BCUT2D eigenvalue weighted by Gasteiger charge is -2.05. The van der Waals surface area contributed by atoms with Gasteiger partial charge >= 0.3 is 0 Å². The van der Waals surface area contributed by atoms with Gasteiger partial charge in [-0.2, -0.15) is 0 Å². The maximum Gasteiger partial charge on any atom is 0.0253 e. The van der Waals surface area contributed by atoms with Crippen LogP contribution in [0.4, 0.5) is 0 Å². The molecule has 0 N–H and O–H groups in total. The van der Waals surface area contributed by atoms with Gasteiger partial charge in [0, 0.05) is 4.47 Å². The van der Waals surface area contributed by atoms with E-state index in [0.29, 0.717) is 0 Å². The van der Waals surface area contributed by atoms with E-state index < -0.39 is 0 Å². The molecule has 0 fully saturated rings. The van der Waals surface area contributed by atoms with Gasteiger partial charge < -0.3 is 0 Å². The third-order valence-corrected chi connectivity index (χ3v) is 3.03. The topological polar surface area (TPSA) is 0 Å². The van der Waals surface area contributed by atoms with Crippen molar-refractivity contribution in [1.82, 2.24) is 0 Å². The Morgan fingerprint density at radius 3 is 3.00 bits per heavy atom. The summed E-state index contributed by atoms with van der Waals surface area (Å²) in [5, 5.41) is 0. The molecule has 0 unspecified atom stereocenters. The Bertz CT molecular complexity index is 337. The van der Waals surface area contributed by atoms with Crippen molar-refractivity contribution in [2.24, 2.45) is 0 Å². The second-order valence-electron chi connectivity index (χ2n) is 3.06. The Balaban J connectivity index is 2.57. The first kappa shape index (κ1) is 8.06. The van der Waals surface area contributed by atoms with Crippen molar-refractivity contribution < 1.29 is 0 Å². The van der Waals surface area contributed by atoms with E-state index in [1.807, 2.05) is 0 Å². The molecule has 0 atom stereocenters. The number of rotatable bonds is 1. The molecule has 1 aromatic rings. The van der Waals surface area contributed by atoms with E-state index >= 15 is 0 Å². The summed E-state index contributed by atoms with van der Waals surface area (Å²) < 4.78 is 1.24. The summed E-state index contributed by atoms with van der Waals surface area (Å²) in [4.78, 5) is 0. The smallest absolute Gasteiger partial charge is 0.0253 e. The molecule has 0 aromatic heterocycles. The van der Waals surface area contributed by atoms with Crippen LogP contribution in [0, 0.1) is 0 Å². The van der Waals surface area contributed by atoms with Crippen LogP contribution in [0.5, 0.6) is 0 Å². The van der Waals surface area contributed by atoms with E-state index in [-0.39, 0.29) is 0 Å². The molecule has 62 valence electrons. The van der Waals surface area contributed by atoms with Crippen LogP contribution in [0.2, 0.25) is 0 Å². The molecule has 0 amide bonds. The van der Waals surface area contributed by atoms with Crippen molar-refractivity contribution in [3.63, 3.8) is 0 Å². The van der Waals surface area contributed by atoms with Crippen LogP contribution >= 0.6 is 15.9 Å². The SMILES string of the molecule is CCC1=CCc2cccc(Br)c21. The van der Waals surface area contributed by atoms with Crippen LogP contribution in [0.1, 0.15) is 24.5 Å². The lowest BCUT2D eigenvalue weighted by atomic mass is 10.0. The molecule has 0 aliphatic heterocycles. The number of fused-ring (bicyclic) bond motifs is 1. The molecule has 1 aliphatic carbocycles. The number of benzene rings is 1. The summed E-state index contributed by atoms with van der Waals surface area (Å²) in [5.41, 5.74) is 4.37. The fourth-order valence-electron chi connectivity index (χ4n) is 1.75. The summed E-state index contributed by atoms with van der Waals surface area (Å²) in [7, 11) is 0. The molecule has 0 saturated carbocycles. The van der Waals surface area contributed by atoms with Crippen LogP contribution in [0.3, 0.4) is 0 Å². The zero-order chi connectivity index (χ0) is 8.55. The molecule has 0 heterocycles. The zero-order valence-corrected chi connectivity index (χ0v) is 8.69. The first-order valence-corrected chi connectivity index (χ1v) is 5.09. The highest BCUT2D eigenvalue weighted by atomic mass is 79.9. The largest absolute Gasteiger partial charge is 0.0763 e. The van der Waals surface area contributed by atoms with Gasteiger partial charge in [-0.05, 0) is 35.6 Å². The molecular formula is C11H11Br. The third-order valence-electron chi connectivity index (χ3n) is 2.37. The Morgan fingerprint density at radius 1 is 1.42 bits per heavy atom. The van der Waals surface area contributed by atoms with Gasteiger partial charge in [0.2, 0.25) is 0 Å². The molecular weight excluding hydrogens is 212 g/mol. The minimum atomic E-state index is 1.11. The standard InChI is InChI=1S/C11H11Br/c1-2-8-6-7-9-4-3-5-10(12)11(8)9/h3-6H,2,7H2,1H3. The Morgan fingerprint density at radius 2 is 2.25 bits per heavy atom. The summed E-state index contributed by atoms with van der Waals surface area (Å²) in [6.07, 6.45) is 4.57. The van der Waals surface area contributed by atoms with Crippen LogP contribution in [-0.4, -0.2) is 0 Å². The van der Waals surface area contributed by atoms with Crippen molar-refractivity contribution >= 4 is 21.5 Å². The summed E-state index contributed by atoms with van der Waals surface area (Å²) in [6, 6.07) is 6.43. The van der Waals surface area contributed by atoms with Gasteiger partial charge in [0.25, 0.3) is 0 Å². The highest BCUT2D eigenvalue weighted by molar-refractivity contribution is 9.10. The van der Waals surface area contributed by atoms with Crippen molar-refractivity contribution in [2.45, 2.75) is 19.8 Å². The summed E-state index contributed by atoms with van der Waals surface area (Å²) >= 11 is 3.59. The predicted octanol–water partition coefficient (Wildman–Crippen LogP) is 3.80. The normalized spacial score (nSPS) is 14.3. The second-order valence-corrected chi connectivity index (χ2v) is 3.92. The summed E-state index contributed by atoms with van der Waals surface area (Å²) in [6.45, 7) is 2.21. The molecule has 1 aliphatic rings. The third kappa shape index (κ3) is 1.13. The van der Waals surface area contributed by atoms with Gasteiger partial charge in [0.1, 0.15) is 0 Å². The van der Waals surface area contributed by atoms with Crippen LogP contribution in [-0.2, 0) is 6.42 Å². The molecule has 0 spiro atoms. The average molecular weight is 223 g/mol. The zero-order valence-electron chi connectivity index (χ0n) is 7.10. The number of hydrogen-bond donors (Lipinski definition) is 0. The van der Waals surface area contributed by atoms with Crippen molar-refractivity contribution in [3.8, 4) is 0 Å². The Labute approximate surface area is 81.4 Å². The second kappa shape index (κ2) is 3.06. The molecule has 0 bridgehead atoms. The molecule has 1 aromatic carbocycles. The van der Waals surface area contributed by atoms with Crippen molar-refractivity contribution in [3.05, 3.63) is 39.9 Å². The molecule has 12 heavy (non-hydrogen) atoms. The Hall–Kier alpha value is -0.560. The van der Waals surface area contributed by atoms with E-state index in [1.165, 1.54) is 21.2 Å². The van der Waals surface area contributed by atoms with Crippen LogP contribution < -0.4 is 0 Å². The van der Waals surface area contributed by atoms with Crippen LogP contribution in [0.15, 0.2) is 28.7 Å². The molecule has 0 radical (unpaired) electrons. The maximum absolute atomic E-state index is 3.59. The van der Waals surface area contributed by atoms with E-state index in [9.17, 15) is 0 Å². The van der Waals surface area contributed by atoms with Gasteiger partial charge in [-0.15, -0.1) is 0 Å². The number of allylic oxidation sites excluding steroid dienone is 2. The molecule has 0 nitrogen and oxygen atoms in total. The fraction of sp³-hybridized carbons (Fsp3) is 0.273. The molecule has 0 saturated heterocycles. The first-order chi connectivity index (χ1) is 5.83. The minimum absolute atomic E-state index is 1.11. The van der Waals surface area contributed by atoms with Gasteiger partial charge in [-0.1, -0.05) is 41.1 Å². The highest BCUT2D eigenvalue weighted by Crippen LogP contribution is 2.34. The average Bonchev–Trinajstić information content (AvgIpc) is 2.49. The molecule has 1 heteroatoms. The lowest BCUT2D eigenvalue weighted by molar-refractivity contribution is 1.24. The number of halogens is 1. The maximum atomic E-state index is 3.59. The predicted molar refractivity (Wildman–Crippen MR) is 56.1 cm³/mol. The van der Waals surface area contributed by atoms with E-state index in [1.54, 1.807) is 0 Å². The highest BCUT2D eigenvalue weighted by Gasteiger charge is 2.14. The van der Waals surface area contributed by atoms with Gasteiger partial charge in [-0.25, -0.2) is 0 Å². The first-order valence-electron chi connectivity index (χ1n) is 4.29. The van der Waals surface area contributed by atoms with E-state index in [0.717, 1.165) is 12.8 Å². The van der Waals surface area contributed by atoms with Crippen LogP contribution in [0.25, 0.3) is 5.57 Å². The van der Waals surface area contributed by atoms with Gasteiger partial charge in [-0.3, -0.25) is 0 Å². The van der Waals surface area contributed by atoms with E-state index in [2.05, 4.69) is 47.1 Å². The van der Waals surface area contributed by atoms with E-state index in [4.69, 9.17) is 0 Å².